The van der Waals surface area contributed by atoms with Gasteiger partial charge in [0.05, 0.1) is 11.4 Å². The summed E-state index contributed by atoms with van der Waals surface area (Å²) in [6, 6.07) is 9.69. The van der Waals surface area contributed by atoms with Crippen LogP contribution in [0.1, 0.15) is 31.3 Å². The third-order valence-corrected chi connectivity index (χ3v) is 7.96. The lowest BCUT2D eigenvalue weighted by molar-refractivity contribution is 0.0656. The molecule has 0 atom stereocenters. The number of piperazine rings is 1. The Morgan fingerprint density at radius 3 is 2.54 bits per heavy atom. The van der Waals surface area contributed by atoms with Gasteiger partial charge in [0.25, 0.3) is 11.8 Å². The number of benzene rings is 1. The fourth-order valence-corrected chi connectivity index (χ4v) is 5.69. The molecule has 0 saturated carbocycles. The van der Waals surface area contributed by atoms with Gasteiger partial charge in [-0.2, -0.15) is 5.10 Å². The second kappa shape index (κ2) is 9.93. The van der Waals surface area contributed by atoms with Crippen LogP contribution in [0.4, 0.5) is 0 Å². The predicted octanol–water partition coefficient (Wildman–Crippen LogP) is 2.38. The van der Waals surface area contributed by atoms with Crippen molar-refractivity contribution in [2.45, 2.75) is 12.8 Å². The van der Waals surface area contributed by atoms with Crippen molar-refractivity contribution in [3.05, 3.63) is 57.4 Å². The highest BCUT2D eigenvalue weighted by Gasteiger charge is 2.32. The fourth-order valence-electron chi connectivity index (χ4n) is 4.81. The predicted molar refractivity (Wildman–Crippen MR) is 139 cm³/mol. The minimum absolute atomic E-state index is 0.0136. The molecule has 184 valence electrons. The average molecular weight is 493 g/mol. The van der Waals surface area contributed by atoms with Crippen LogP contribution in [-0.2, 0) is 12.8 Å². The van der Waals surface area contributed by atoms with Gasteiger partial charge in [0, 0.05) is 67.9 Å². The number of nitrogens with zero attached hydrogens (tertiary/aromatic N) is 5. The van der Waals surface area contributed by atoms with Crippen molar-refractivity contribution in [3.8, 4) is 16.9 Å². The van der Waals surface area contributed by atoms with E-state index in [0.29, 0.717) is 17.8 Å². The zero-order chi connectivity index (χ0) is 24.5. The summed E-state index contributed by atoms with van der Waals surface area (Å²) in [6.45, 7) is 4.58. The number of rotatable bonds is 6. The molecule has 1 aromatic carbocycles. The molecule has 2 amide bonds. The lowest BCUT2D eigenvalue weighted by atomic mass is 9.94. The molecule has 35 heavy (non-hydrogen) atoms. The van der Waals surface area contributed by atoms with E-state index in [0.717, 1.165) is 68.1 Å². The molecule has 3 aromatic rings. The van der Waals surface area contributed by atoms with Crippen LogP contribution in [0, 0.1) is 0 Å². The monoisotopic (exact) mass is 492 g/mol. The zero-order valence-corrected chi connectivity index (χ0v) is 21.4. The number of carbonyl (C=O) groups excluding carboxylic acids is 2. The van der Waals surface area contributed by atoms with E-state index in [9.17, 15) is 9.59 Å². The van der Waals surface area contributed by atoms with Crippen molar-refractivity contribution >= 4 is 23.2 Å². The minimum Gasteiger partial charge on any atom is -0.340 e. The third kappa shape index (κ3) is 4.51. The summed E-state index contributed by atoms with van der Waals surface area (Å²) in [4.78, 5) is 33.5. The first kappa shape index (κ1) is 23.7. The Kier molecular flexibility index (Phi) is 6.73. The van der Waals surface area contributed by atoms with Crippen LogP contribution >= 0.6 is 11.3 Å². The Morgan fingerprint density at radius 1 is 1.09 bits per heavy atom. The van der Waals surface area contributed by atoms with Gasteiger partial charge in [0.2, 0.25) is 0 Å². The highest BCUT2D eigenvalue weighted by molar-refractivity contribution is 7.10. The molecule has 2 aromatic heterocycles. The van der Waals surface area contributed by atoms with Crippen molar-refractivity contribution in [2.75, 3.05) is 60.4 Å². The number of nitrogens with one attached hydrogen (secondary N) is 1. The van der Waals surface area contributed by atoms with Gasteiger partial charge in [-0.05, 0) is 62.6 Å². The smallest absolute Gasteiger partial charge is 0.274 e. The van der Waals surface area contributed by atoms with E-state index in [4.69, 9.17) is 5.10 Å². The molecule has 3 heterocycles. The van der Waals surface area contributed by atoms with Crippen LogP contribution in [0.15, 0.2) is 35.7 Å². The molecule has 1 aliphatic heterocycles. The normalized spacial score (nSPS) is 15.6. The summed E-state index contributed by atoms with van der Waals surface area (Å²) in [5.74, 6) is 0.00471. The second-order valence-corrected chi connectivity index (χ2v) is 10.3. The highest BCUT2D eigenvalue weighted by atomic mass is 32.1. The first-order valence-corrected chi connectivity index (χ1v) is 13.0. The van der Waals surface area contributed by atoms with E-state index in [-0.39, 0.29) is 11.8 Å². The van der Waals surface area contributed by atoms with Crippen molar-refractivity contribution in [2.24, 2.45) is 0 Å². The van der Waals surface area contributed by atoms with Crippen molar-refractivity contribution in [1.29, 1.82) is 0 Å². The number of thiophene rings is 1. The number of amides is 2. The van der Waals surface area contributed by atoms with Gasteiger partial charge < -0.3 is 20.0 Å². The van der Waals surface area contributed by atoms with Gasteiger partial charge in [-0.15, -0.1) is 11.3 Å². The minimum atomic E-state index is -0.0136. The molecule has 0 unspecified atom stereocenters. The zero-order valence-electron chi connectivity index (χ0n) is 20.6. The molecule has 1 saturated heterocycles. The lowest BCUT2D eigenvalue weighted by Gasteiger charge is -2.32. The quantitative estimate of drug-likeness (QED) is 0.572. The van der Waals surface area contributed by atoms with Gasteiger partial charge in [-0.1, -0.05) is 0 Å². The number of aryl methyl sites for hydroxylation is 1. The summed E-state index contributed by atoms with van der Waals surface area (Å²) < 4.78 is 1.91. The standard InChI is InChI=1S/C26H32N6O2S/c1-27-11-12-30(3)25(33)18-4-6-19(7-5-18)32-24-20-10-17-35-22(20)9-8-21(24)23(28-32)26(34)31-15-13-29(2)14-16-31/h4-7,10,17,27H,8-9,11-16H2,1-3H3. The molecule has 5 rings (SSSR count). The van der Waals surface area contributed by atoms with E-state index in [1.165, 1.54) is 4.88 Å². The molecule has 0 bridgehead atoms. The SMILES string of the molecule is CNCCN(C)C(=O)c1ccc(-n2nc(C(=O)N3CCN(C)CC3)c3c2-c2ccsc2CC3)cc1. The number of hydrogen-bond acceptors (Lipinski definition) is 6. The number of likely N-dealkylation sites (N-methyl/N-ethyl adjacent to an activating group) is 3. The Morgan fingerprint density at radius 2 is 1.83 bits per heavy atom. The van der Waals surface area contributed by atoms with E-state index in [2.05, 4.69) is 28.7 Å². The molecule has 2 aliphatic rings. The maximum atomic E-state index is 13.6. The average Bonchev–Trinajstić information content (AvgIpc) is 3.51. The number of aromatic nitrogens is 2. The fraction of sp³-hybridized carbons (Fsp3) is 0.423. The first-order valence-electron chi connectivity index (χ1n) is 12.1. The van der Waals surface area contributed by atoms with Crippen LogP contribution in [0.25, 0.3) is 16.9 Å². The number of carbonyl (C=O) groups is 2. The maximum Gasteiger partial charge on any atom is 0.274 e. The molecule has 8 nitrogen and oxygen atoms in total. The molecular formula is C26H32N6O2S. The van der Waals surface area contributed by atoms with Crippen molar-refractivity contribution in [1.82, 2.24) is 29.8 Å². The Hall–Kier alpha value is -3.01. The van der Waals surface area contributed by atoms with E-state index in [1.807, 2.05) is 47.9 Å². The molecule has 9 heteroatoms. The number of hydrogen-bond donors (Lipinski definition) is 1. The van der Waals surface area contributed by atoms with Gasteiger partial charge in [-0.3, -0.25) is 9.59 Å². The summed E-state index contributed by atoms with van der Waals surface area (Å²) in [5.41, 5.74) is 5.26. The molecule has 1 aliphatic carbocycles. The largest absolute Gasteiger partial charge is 0.340 e. The van der Waals surface area contributed by atoms with E-state index in [1.54, 1.807) is 16.2 Å². The summed E-state index contributed by atoms with van der Waals surface area (Å²) in [6.07, 6.45) is 1.74. The van der Waals surface area contributed by atoms with Gasteiger partial charge >= 0.3 is 0 Å². The molecule has 0 spiro atoms. The molecule has 1 N–H and O–H groups in total. The summed E-state index contributed by atoms with van der Waals surface area (Å²) in [7, 11) is 5.77. The Balaban J connectivity index is 1.50. The van der Waals surface area contributed by atoms with Crippen molar-refractivity contribution in [3.63, 3.8) is 0 Å². The Bertz CT molecular complexity index is 1220. The molecule has 1 fully saturated rings. The second-order valence-electron chi connectivity index (χ2n) is 9.32. The Labute approximate surface area is 210 Å². The van der Waals surface area contributed by atoms with E-state index < -0.39 is 0 Å². The topological polar surface area (TPSA) is 73.7 Å². The van der Waals surface area contributed by atoms with Crippen LogP contribution < -0.4 is 5.32 Å². The van der Waals surface area contributed by atoms with Gasteiger partial charge in [-0.25, -0.2) is 4.68 Å². The van der Waals surface area contributed by atoms with Crippen LogP contribution in [-0.4, -0.2) is 96.7 Å². The molecule has 0 radical (unpaired) electrons. The van der Waals surface area contributed by atoms with Gasteiger partial charge in [0.1, 0.15) is 0 Å². The van der Waals surface area contributed by atoms with Gasteiger partial charge in [0.15, 0.2) is 5.69 Å². The third-order valence-electron chi connectivity index (χ3n) is 6.98. The summed E-state index contributed by atoms with van der Waals surface area (Å²) in [5, 5.41) is 10.1. The first-order chi connectivity index (χ1) is 17.0. The lowest BCUT2D eigenvalue weighted by Crippen LogP contribution is -2.47. The molecular weight excluding hydrogens is 460 g/mol. The highest BCUT2D eigenvalue weighted by Crippen LogP contribution is 2.39. The van der Waals surface area contributed by atoms with Crippen LogP contribution in [0.3, 0.4) is 0 Å². The van der Waals surface area contributed by atoms with Crippen LogP contribution in [0.2, 0.25) is 0 Å². The number of fused-ring (bicyclic) bond motifs is 3. The van der Waals surface area contributed by atoms with E-state index >= 15 is 0 Å². The van der Waals surface area contributed by atoms with Crippen molar-refractivity contribution < 1.29 is 9.59 Å². The summed E-state index contributed by atoms with van der Waals surface area (Å²) >= 11 is 1.76. The van der Waals surface area contributed by atoms with Crippen LogP contribution in [0.5, 0.6) is 0 Å². The maximum absolute atomic E-state index is 13.6.